The van der Waals surface area contributed by atoms with E-state index in [9.17, 15) is 9.18 Å². The number of halogens is 1. The zero-order valence-corrected chi connectivity index (χ0v) is 15.7. The van der Waals surface area contributed by atoms with Crippen molar-refractivity contribution in [3.63, 3.8) is 0 Å². The van der Waals surface area contributed by atoms with E-state index in [2.05, 4.69) is 15.5 Å². The van der Waals surface area contributed by atoms with Crippen molar-refractivity contribution in [2.75, 3.05) is 25.5 Å². The number of ether oxygens (including phenoxy) is 1. The lowest BCUT2D eigenvalue weighted by atomic mass is 10.2. The normalized spacial score (nSPS) is 10.5. The fraction of sp³-hybridized carbons (Fsp3) is 0.250. The molecular weight excluding hydrogens is 363 g/mol. The molecule has 0 aliphatic carbocycles. The predicted molar refractivity (Wildman–Crippen MR) is 103 cm³/mol. The molecule has 2 amide bonds. The van der Waals surface area contributed by atoms with Gasteiger partial charge < -0.3 is 19.5 Å². The molecule has 8 heteroatoms. The SMILES string of the molecule is CCOc1ccc(NC(=O)N(C)CCc2noc(-c3ccc(F)cc3)n2)cc1. The molecule has 0 atom stereocenters. The van der Waals surface area contributed by atoms with Gasteiger partial charge in [-0.2, -0.15) is 4.98 Å². The van der Waals surface area contributed by atoms with Gasteiger partial charge in [-0.15, -0.1) is 0 Å². The molecular formula is C20H21FN4O3. The molecule has 0 radical (unpaired) electrons. The third-order valence-corrected chi connectivity index (χ3v) is 3.99. The van der Waals surface area contributed by atoms with Crippen LogP contribution in [0.15, 0.2) is 53.1 Å². The monoisotopic (exact) mass is 384 g/mol. The van der Waals surface area contributed by atoms with Gasteiger partial charge in [-0.05, 0) is 55.5 Å². The smallest absolute Gasteiger partial charge is 0.321 e. The summed E-state index contributed by atoms with van der Waals surface area (Å²) in [5.41, 5.74) is 1.32. The molecule has 1 heterocycles. The number of benzene rings is 2. The van der Waals surface area contributed by atoms with Crippen LogP contribution in [-0.4, -0.2) is 41.3 Å². The van der Waals surface area contributed by atoms with Crippen molar-refractivity contribution in [2.24, 2.45) is 0 Å². The number of carbonyl (C=O) groups is 1. The van der Waals surface area contributed by atoms with Crippen molar-refractivity contribution < 1.29 is 18.4 Å². The van der Waals surface area contributed by atoms with Gasteiger partial charge in [0.25, 0.3) is 5.89 Å². The molecule has 0 aliphatic rings. The van der Waals surface area contributed by atoms with Gasteiger partial charge in [-0.25, -0.2) is 9.18 Å². The van der Waals surface area contributed by atoms with E-state index in [1.807, 2.05) is 6.92 Å². The van der Waals surface area contributed by atoms with Crippen LogP contribution in [0.2, 0.25) is 0 Å². The minimum absolute atomic E-state index is 0.244. The van der Waals surface area contributed by atoms with E-state index in [1.54, 1.807) is 43.4 Å². The number of aromatic nitrogens is 2. The van der Waals surface area contributed by atoms with Gasteiger partial charge in [-0.3, -0.25) is 0 Å². The van der Waals surface area contributed by atoms with Gasteiger partial charge in [0.1, 0.15) is 11.6 Å². The molecule has 0 bridgehead atoms. The van der Waals surface area contributed by atoms with Crippen LogP contribution in [0.5, 0.6) is 5.75 Å². The van der Waals surface area contributed by atoms with Gasteiger partial charge >= 0.3 is 6.03 Å². The maximum absolute atomic E-state index is 13.0. The zero-order valence-electron chi connectivity index (χ0n) is 15.7. The van der Waals surface area contributed by atoms with E-state index in [1.165, 1.54) is 17.0 Å². The largest absolute Gasteiger partial charge is 0.494 e. The van der Waals surface area contributed by atoms with Crippen LogP contribution in [0.4, 0.5) is 14.9 Å². The number of nitrogens with zero attached hydrogens (tertiary/aromatic N) is 3. The summed E-state index contributed by atoms with van der Waals surface area (Å²) in [6.45, 7) is 2.91. The summed E-state index contributed by atoms with van der Waals surface area (Å²) in [5, 5.41) is 6.72. The summed E-state index contributed by atoms with van der Waals surface area (Å²) in [6.07, 6.45) is 0.428. The Morgan fingerprint density at radius 3 is 2.57 bits per heavy atom. The quantitative estimate of drug-likeness (QED) is 0.666. The first-order chi connectivity index (χ1) is 13.5. The second kappa shape index (κ2) is 8.98. The molecule has 0 spiro atoms. The highest BCUT2D eigenvalue weighted by Crippen LogP contribution is 2.18. The number of urea groups is 1. The van der Waals surface area contributed by atoms with Crippen LogP contribution in [0, 0.1) is 5.82 Å². The van der Waals surface area contributed by atoms with Gasteiger partial charge in [-0.1, -0.05) is 5.16 Å². The molecule has 0 saturated carbocycles. The fourth-order valence-corrected chi connectivity index (χ4v) is 2.45. The molecule has 2 aromatic carbocycles. The average Bonchev–Trinajstić information content (AvgIpc) is 3.17. The molecule has 0 unspecified atom stereocenters. The van der Waals surface area contributed by atoms with Crippen molar-refractivity contribution in [1.82, 2.24) is 15.0 Å². The van der Waals surface area contributed by atoms with Gasteiger partial charge in [0, 0.05) is 31.3 Å². The average molecular weight is 384 g/mol. The lowest BCUT2D eigenvalue weighted by Crippen LogP contribution is -2.33. The minimum atomic E-state index is -0.330. The first-order valence-electron chi connectivity index (χ1n) is 8.88. The topological polar surface area (TPSA) is 80.5 Å². The molecule has 0 fully saturated rings. The van der Waals surface area contributed by atoms with E-state index in [4.69, 9.17) is 9.26 Å². The lowest BCUT2D eigenvalue weighted by molar-refractivity contribution is 0.222. The summed E-state index contributed by atoms with van der Waals surface area (Å²) >= 11 is 0. The van der Waals surface area contributed by atoms with Crippen LogP contribution in [0.25, 0.3) is 11.5 Å². The molecule has 146 valence electrons. The zero-order chi connectivity index (χ0) is 19.9. The first-order valence-corrected chi connectivity index (χ1v) is 8.88. The van der Waals surface area contributed by atoms with E-state index in [0.717, 1.165) is 5.75 Å². The van der Waals surface area contributed by atoms with Gasteiger partial charge in [0.05, 0.1) is 6.61 Å². The van der Waals surface area contributed by atoms with Crippen LogP contribution >= 0.6 is 0 Å². The number of nitrogens with one attached hydrogen (secondary N) is 1. The highest BCUT2D eigenvalue weighted by molar-refractivity contribution is 5.89. The van der Waals surface area contributed by atoms with E-state index in [0.29, 0.717) is 42.5 Å². The number of hydrogen-bond donors (Lipinski definition) is 1. The second-order valence-electron chi connectivity index (χ2n) is 6.08. The number of likely N-dealkylation sites (N-methyl/N-ethyl adjacent to an activating group) is 1. The van der Waals surface area contributed by atoms with Crippen LogP contribution in [0.1, 0.15) is 12.7 Å². The van der Waals surface area contributed by atoms with E-state index >= 15 is 0 Å². The molecule has 28 heavy (non-hydrogen) atoms. The summed E-state index contributed by atoms with van der Waals surface area (Å²) in [6, 6.07) is 12.7. The van der Waals surface area contributed by atoms with Crippen molar-refractivity contribution in [3.8, 4) is 17.2 Å². The van der Waals surface area contributed by atoms with Crippen molar-refractivity contribution in [3.05, 3.63) is 60.2 Å². The van der Waals surface area contributed by atoms with Crippen molar-refractivity contribution in [2.45, 2.75) is 13.3 Å². The fourth-order valence-electron chi connectivity index (χ4n) is 2.45. The summed E-state index contributed by atoms with van der Waals surface area (Å²) < 4.78 is 23.6. The number of carbonyl (C=O) groups excluding carboxylic acids is 1. The minimum Gasteiger partial charge on any atom is -0.494 e. The standard InChI is InChI=1S/C20H21FN4O3/c1-3-27-17-10-8-16(9-11-17)22-20(26)25(2)13-12-18-23-19(28-24-18)14-4-6-15(21)7-5-14/h4-11H,3,12-13H2,1-2H3,(H,22,26). The number of rotatable bonds is 7. The third kappa shape index (κ3) is 5.06. The lowest BCUT2D eigenvalue weighted by Gasteiger charge is -2.17. The molecule has 1 aromatic heterocycles. The Hall–Kier alpha value is -3.42. The Morgan fingerprint density at radius 2 is 1.89 bits per heavy atom. The maximum atomic E-state index is 13.0. The summed E-state index contributed by atoms with van der Waals surface area (Å²) in [4.78, 5) is 18.1. The van der Waals surface area contributed by atoms with Gasteiger partial charge in [0.2, 0.25) is 0 Å². The third-order valence-electron chi connectivity index (χ3n) is 3.99. The number of amides is 2. The summed E-state index contributed by atoms with van der Waals surface area (Å²) in [7, 11) is 1.69. The van der Waals surface area contributed by atoms with Crippen LogP contribution in [-0.2, 0) is 6.42 Å². The molecule has 1 N–H and O–H groups in total. The number of hydrogen-bond acceptors (Lipinski definition) is 5. The molecule has 3 aromatic rings. The van der Waals surface area contributed by atoms with Crippen LogP contribution < -0.4 is 10.1 Å². The highest BCUT2D eigenvalue weighted by Gasteiger charge is 2.13. The first kappa shape index (κ1) is 19.3. The molecule has 0 saturated heterocycles. The van der Waals surface area contributed by atoms with E-state index in [-0.39, 0.29) is 11.8 Å². The maximum Gasteiger partial charge on any atom is 0.321 e. The number of anilines is 1. The van der Waals surface area contributed by atoms with Crippen LogP contribution in [0.3, 0.4) is 0 Å². The van der Waals surface area contributed by atoms with E-state index < -0.39 is 0 Å². The summed E-state index contributed by atoms with van der Waals surface area (Å²) in [5.74, 6) is 1.21. The molecule has 7 nitrogen and oxygen atoms in total. The Balaban J connectivity index is 1.51. The predicted octanol–water partition coefficient (Wildman–Crippen LogP) is 3.98. The molecule has 3 rings (SSSR count). The Morgan fingerprint density at radius 1 is 1.18 bits per heavy atom. The van der Waals surface area contributed by atoms with Crippen molar-refractivity contribution in [1.29, 1.82) is 0 Å². The Bertz CT molecular complexity index is 910. The second-order valence-corrected chi connectivity index (χ2v) is 6.08. The Labute approximate surface area is 162 Å². The van der Waals surface area contributed by atoms with Gasteiger partial charge in [0.15, 0.2) is 5.82 Å². The Kier molecular flexibility index (Phi) is 6.21. The van der Waals surface area contributed by atoms with Crippen molar-refractivity contribution >= 4 is 11.7 Å². The highest BCUT2D eigenvalue weighted by atomic mass is 19.1. The molecule has 0 aliphatic heterocycles.